The van der Waals surface area contributed by atoms with Gasteiger partial charge in [-0.15, -0.1) is 0 Å². The predicted octanol–water partition coefficient (Wildman–Crippen LogP) is 6.32. The summed E-state index contributed by atoms with van der Waals surface area (Å²) in [5.41, 5.74) is 4.45. The molecule has 10 nitrogen and oxygen atoms in total. The quantitative estimate of drug-likeness (QED) is 0.0836. The first-order valence-corrected chi connectivity index (χ1v) is 17.0. The minimum absolute atomic E-state index is 0.0560. The number of anilines is 3. The predicted molar refractivity (Wildman–Crippen MR) is 199 cm³/mol. The maximum Gasteiger partial charge on any atom is 0.264 e. The largest absolute Gasteiger partial charge is 0.396 e. The van der Waals surface area contributed by atoms with Crippen LogP contribution in [0.15, 0.2) is 116 Å². The molecule has 0 unspecified atom stereocenters. The van der Waals surface area contributed by atoms with Gasteiger partial charge in [-0.1, -0.05) is 67.6 Å². The molecule has 0 radical (unpaired) electrons. The number of fused-ring (bicyclic) bond motifs is 3. The summed E-state index contributed by atoms with van der Waals surface area (Å²) in [5.74, 6) is -1.55. The summed E-state index contributed by atoms with van der Waals surface area (Å²) >= 11 is 0. The van der Waals surface area contributed by atoms with Crippen LogP contribution in [0.1, 0.15) is 35.6 Å². The van der Waals surface area contributed by atoms with Crippen molar-refractivity contribution in [3.05, 3.63) is 138 Å². The number of hydrogen-bond donors (Lipinski definition) is 6. The van der Waals surface area contributed by atoms with E-state index in [1.54, 1.807) is 43.3 Å². The number of carbonyl (C=O) groups is 3. The molecule has 2 atom stereocenters. The third-order valence-electron chi connectivity index (χ3n) is 9.54. The number of hydrogen-bond acceptors (Lipinski definition) is 5. The second-order valence-corrected chi connectivity index (χ2v) is 13.0. The van der Waals surface area contributed by atoms with E-state index in [2.05, 4.69) is 20.6 Å². The molecule has 258 valence electrons. The lowest BCUT2D eigenvalue weighted by atomic mass is 9.82. The summed E-state index contributed by atoms with van der Waals surface area (Å²) in [7, 11) is 0. The first-order valence-electron chi connectivity index (χ1n) is 17.0. The van der Waals surface area contributed by atoms with Gasteiger partial charge in [0.15, 0.2) is 5.60 Å². The standard InChI is InChI=1S/C41H39N5O5/c1-26(9-6-7-18-47)41(51)34-22-31(45-39(49)21-29-24-43-36-15-5-3-13-33(29)36)16-17-37(34)46(40(41)50)25-27-10-8-11-30(19-27)44-38(48)20-28-23-42-35-14-4-2-12-32(28)35/h2-6,8-17,19,22-24,26,42-43,47,51H,7,18,20-21,25H2,1H3,(H,44,48)(H,45,49)/b9-6+/t26-,41+/m0/s1. The SMILES string of the molecule is C[C@@H](/C=C/CCO)[C@]1(O)C(=O)N(Cc2cccc(NC(=O)Cc3c[nH]c4ccccc34)c2)c2ccc(NC(=O)Cc3c[nH]c4ccccc34)cc21. The molecule has 7 rings (SSSR count). The zero-order valence-electron chi connectivity index (χ0n) is 28.1. The Morgan fingerprint density at radius 1 is 0.824 bits per heavy atom. The fraction of sp³-hybridized carbons (Fsp3) is 0.195. The number of para-hydroxylation sites is 2. The average Bonchev–Trinajstić information content (AvgIpc) is 3.79. The smallest absolute Gasteiger partial charge is 0.264 e. The Balaban J connectivity index is 1.12. The molecule has 0 bridgehead atoms. The first-order chi connectivity index (χ1) is 24.7. The van der Waals surface area contributed by atoms with Crippen LogP contribution < -0.4 is 15.5 Å². The third-order valence-corrected chi connectivity index (χ3v) is 9.54. The number of H-pyrrole nitrogens is 2. The lowest BCUT2D eigenvalue weighted by molar-refractivity contribution is -0.139. The summed E-state index contributed by atoms with van der Waals surface area (Å²) in [5, 5.41) is 29.4. The van der Waals surface area contributed by atoms with Gasteiger partial charge in [0.1, 0.15) is 0 Å². The Morgan fingerprint density at radius 2 is 1.43 bits per heavy atom. The van der Waals surface area contributed by atoms with Crippen LogP contribution in [0.4, 0.5) is 17.1 Å². The fourth-order valence-electron chi connectivity index (χ4n) is 6.94. The highest BCUT2D eigenvalue weighted by atomic mass is 16.3. The van der Waals surface area contributed by atoms with Crippen LogP contribution in [0, 0.1) is 5.92 Å². The molecule has 3 heterocycles. The maximum absolute atomic E-state index is 14.2. The minimum Gasteiger partial charge on any atom is -0.396 e. The van der Waals surface area contributed by atoms with Gasteiger partial charge in [-0.25, -0.2) is 0 Å². The minimum atomic E-state index is -1.93. The molecule has 6 N–H and O–H groups in total. The van der Waals surface area contributed by atoms with Crippen LogP contribution in [-0.4, -0.2) is 44.5 Å². The first kappa shape index (κ1) is 33.5. The van der Waals surface area contributed by atoms with Crippen molar-refractivity contribution in [1.82, 2.24) is 9.97 Å². The number of nitrogens with zero attached hydrogens (tertiary/aromatic N) is 1. The second kappa shape index (κ2) is 14.1. The van der Waals surface area contributed by atoms with Gasteiger partial charge in [0.25, 0.3) is 5.91 Å². The number of nitrogens with one attached hydrogen (secondary N) is 4. The van der Waals surface area contributed by atoms with Gasteiger partial charge in [-0.3, -0.25) is 14.4 Å². The van der Waals surface area contributed by atoms with Crippen LogP contribution in [0.2, 0.25) is 0 Å². The van der Waals surface area contributed by atoms with Crippen molar-refractivity contribution < 1.29 is 24.6 Å². The van der Waals surface area contributed by atoms with E-state index in [1.165, 1.54) is 4.90 Å². The Bertz CT molecular complexity index is 2290. The molecule has 0 aliphatic carbocycles. The molecule has 4 aromatic carbocycles. The average molecular weight is 682 g/mol. The molecule has 2 aromatic heterocycles. The van der Waals surface area contributed by atoms with Gasteiger partial charge in [0.2, 0.25) is 11.8 Å². The molecular formula is C41H39N5O5. The zero-order chi connectivity index (χ0) is 35.5. The summed E-state index contributed by atoms with van der Waals surface area (Å²) in [6.07, 6.45) is 7.87. The lowest BCUT2D eigenvalue weighted by Crippen LogP contribution is -2.44. The van der Waals surface area contributed by atoms with Gasteiger partial charge in [0.05, 0.1) is 25.1 Å². The molecule has 0 fully saturated rings. The number of aromatic nitrogens is 2. The molecule has 3 amide bonds. The number of rotatable bonds is 12. The van der Waals surface area contributed by atoms with E-state index in [4.69, 9.17) is 0 Å². The number of aromatic amines is 2. The summed E-state index contributed by atoms with van der Waals surface area (Å²) < 4.78 is 0. The van der Waals surface area contributed by atoms with E-state index in [9.17, 15) is 24.6 Å². The van der Waals surface area contributed by atoms with E-state index in [-0.39, 0.29) is 37.8 Å². The summed E-state index contributed by atoms with van der Waals surface area (Å²) in [6.45, 7) is 1.84. The highest BCUT2D eigenvalue weighted by Crippen LogP contribution is 2.47. The van der Waals surface area contributed by atoms with Crippen molar-refractivity contribution in [3.63, 3.8) is 0 Å². The second-order valence-electron chi connectivity index (χ2n) is 13.0. The third kappa shape index (κ3) is 6.66. The van der Waals surface area contributed by atoms with E-state index >= 15 is 0 Å². The summed E-state index contributed by atoms with van der Waals surface area (Å²) in [6, 6.07) is 28.0. The number of aliphatic hydroxyl groups is 2. The maximum atomic E-state index is 14.2. The summed E-state index contributed by atoms with van der Waals surface area (Å²) in [4.78, 5) is 48.4. The zero-order valence-corrected chi connectivity index (χ0v) is 28.1. The molecule has 10 heteroatoms. The molecular weight excluding hydrogens is 642 g/mol. The Kier molecular flexibility index (Phi) is 9.27. The van der Waals surface area contributed by atoms with Crippen molar-refractivity contribution in [2.45, 2.75) is 38.3 Å². The van der Waals surface area contributed by atoms with Gasteiger partial charge >= 0.3 is 0 Å². The van der Waals surface area contributed by atoms with Crippen molar-refractivity contribution in [2.75, 3.05) is 22.1 Å². The fourth-order valence-corrected chi connectivity index (χ4v) is 6.94. The Hall–Kier alpha value is -5.97. The molecule has 0 saturated carbocycles. The molecule has 0 spiro atoms. The van der Waals surface area contributed by atoms with Gasteiger partial charge in [-0.05, 0) is 65.6 Å². The Morgan fingerprint density at radius 3 is 2.06 bits per heavy atom. The van der Waals surface area contributed by atoms with E-state index < -0.39 is 17.4 Å². The molecule has 6 aromatic rings. The number of aliphatic hydroxyl groups excluding tert-OH is 1. The van der Waals surface area contributed by atoms with E-state index in [0.717, 1.165) is 38.5 Å². The molecule has 1 aliphatic heterocycles. The highest BCUT2D eigenvalue weighted by Gasteiger charge is 2.52. The van der Waals surface area contributed by atoms with Crippen molar-refractivity contribution in [1.29, 1.82) is 0 Å². The highest BCUT2D eigenvalue weighted by molar-refractivity contribution is 6.08. The van der Waals surface area contributed by atoms with E-state index in [0.29, 0.717) is 29.0 Å². The van der Waals surface area contributed by atoms with Crippen molar-refractivity contribution in [2.24, 2.45) is 5.92 Å². The van der Waals surface area contributed by atoms with Gasteiger partial charge in [-0.2, -0.15) is 0 Å². The monoisotopic (exact) mass is 681 g/mol. The lowest BCUT2D eigenvalue weighted by Gasteiger charge is -2.28. The van der Waals surface area contributed by atoms with Crippen molar-refractivity contribution in [3.8, 4) is 0 Å². The van der Waals surface area contributed by atoms with Gasteiger partial charge in [0, 0.05) is 63.7 Å². The van der Waals surface area contributed by atoms with Crippen LogP contribution in [0.5, 0.6) is 0 Å². The topological polar surface area (TPSA) is 151 Å². The molecule has 51 heavy (non-hydrogen) atoms. The molecule has 1 aliphatic rings. The number of benzene rings is 4. The number of carbonyl (C=O) groups excluding carboxylic acids is 3. The Labute approximate surface area is 294 Å². The normalized spacial score (nSPS) is 16.2. The van der Waals surface area contributed by atoms with Crippen LogP contribution in [0.25, 0.3) is 21.8 Å². The number of amides is 3. The van der Waals surface area contributed by atoms with E-state index in [1.807, 2.05) is 79.1 Å². The van der Waals surface area contributed by atoms with Gasteiger partial charge < -0.3 is 35.7 Å². The van der Waals surface area contributed by atoms with Crippen LogP contribution >= 0.6 is 0 Å². The van der Waals surface area contributed by atoms with Crippen LogP contribution in [-0.2, 0) is 39.4 Å². The van der Waals surface area contributed by atoms with Crippen LogP contribution in [0.3, 0.4) is 0 Å². The molecule has 0 saturated heterocycles. The van der Waals surface area contributed by atoms with Crippen molar-refractivity contribution >= 4 is 56.6 Å².